The number of hydrogen-bond acceptors (Lipinski definition) is 1. The van der Waals surface area contributed by atoms with Crippen molar-refractivity contribution >= 4 is 6.29 Å². The first-order valence-electron chi connectivity index (χ1n) is 3.42. The third kappa shape index (κ3) is 2.02. The molecule has 52 valence electrons. The van der Waals surface area contributed by atoms with E-state index >= 15 is 0 Å². The van der Waals surface area contributed by atoms with Gasteiger partial charge >= 0.3 is 0 Å². The van der Waals surface area contributed by atoms with Crippen LogP contribution in [0.15, 0.2) is 36.0 Å². The van der Waals surface area contributed by atoms with Gasteiger partial charge in [0, 0.05) is 5.57 Å². The van der Waals surface area contributed by atoms with Crippen molar-refractivity contribution in [3.8, 4) is 0 Å². The molecule has 10 heavy (non-hydrogen) atoms. The van der Waals surface area contributed by atoms with Crippen LogP contribution in [0.4, 0.5) is 0 Å². The molecule has 1 aliphatic rings. The van der Waals surface area contributed by atoms with E-state index in [9.17, 15) is 4.79 Å². The van der Waals surface area contributed by atoms with Crippen molar-refractivity contribution in [2.45, 2.75) is 12.8 Å². The van der Waals surface area contributed by atoms with Gasteiger partial charge in [0.15, 0.2) is 0 Å². The number of rotatable bonds is 1. The molecule has 0 spiro atoms. The molecule has 0 atom stereocenters. The zero-order valence-corrected chi connectivity index (χ0v) is 5.79. The second-order valence-electron chi connectivity index (χ2n) is 2.19. The van der Waals surface area contributed by atoms with Gasteiger partial charge < -0.3 is 0 Å². The fourth-order valence-corrected chi connectivity index (χ4v) is 0.821. The van der Waals surface area contributed by atoms with Crippen LogP contribution in [0, 0.1) is 0 Å². The second kappa shape index (κ2) is 3.83. The van der Waals surface area contributed by atoms with Gasteiger partial charge in [-0.15, -0.1) is 0 Å². The molecule has 0 radical (unpaired) electrons. The molecule has 1 heteroatoms. The molecule has 0 bridgehead atoms. The van der Waals surface area contributed by atoms with Gasteiger partial charge in [-0.3, -0.25) is 4.79 Å². The van der Waals surface area contributed by atoms with Crippen molar-refractivity contribution < 1.29 is 4.79 Å². The lowest BCUT2D eigenvalue weighted by Crippen LogP contribution is -1.79. The molecule has 0 amide bonds. The standard InChI is InChI=1S/C9H10O/c10-8-9-6-4-2-1-3-5-7-9/h2,4-8H,1,3H2/b4-2-,7-5-,9-6+. The summed E-state index contributed by atoms with van der Waals surface area (Å²) < 4.78 is 0. The topological polar surface area (TPSA) is 17.1 Å². The minimum atomic E-state index is 0.746. The average Bonchev–Trinajstić information content (AvgIpc) is 1.87. The Labute approximate surface area is 60.7 Å². The van der Waals surface area contributed by atoms with E-state index < -0.39 is 0 Å². The summed E-state index contributed by atoms with van der Waals surface area (Å²) in [6, 6.07) is 0. The third-order valence-corrected chi connectivity index (χ3v) is 1.37. The summed E-state index contributed by atoms with van der Waals surface area (Å²) in [4.78, 5) is 10.3. The molecule has 0 fully saturated rings. The Bertz CT molecular complexity index is 197. The highest BCUT2D eigenvalue weighted by molar-refractivity contribution is 5.77. The van der Waals surface area contributed by atoms with E-state index in [1.54, 1.807) is 0 Å². The second-order valence-corrected chi connectivity index (χ2v) is 2.19. The van der Waals surface area contributed by atoms with Crippen molar-refractivity contribution in [2.24, 2.45) is 0 Å². The fourth-order valence-electron chi connectivity index (χ4n) is 0.821. The maximum absolute atomic E-state index is 10.3. The minimum absolute atomic E-state index is 0.746. The van der Waals surface area contributed by atoms with Gasteiger partial charge in [-0.1, -0.05) is 30.4 Å². The Hall–Kier alpha value is -1.11. The highest BCUT2D eigenvalue weighted by Gasteiger charge is 1.87. The molecular formula is C9H10O. The van der Waals surface area contributed by atoms with Gasteiger partial charge in [-0.2, -0.15) is 0 Å². The fraction of sp³-hybridized carbons (Fsp3) is 0.222. The lowest BCUT2D eigenvalue weighted by molar-refractivity contribution is -0.104. The van der Waals surface area contributed by atoms with Crippen LogP contribution in [0.3, 0.4) is 0 Å². The first kappa shape index (κ1) is 7.00. The summed E-state index contributed by atoms with van der Waals surface area (Å²) in [5, 5.41) is 0. The Kier molecular flexibility index (Phi) is 2.68. The number of carbonyl (C=O) groups excluding carboxylic acids is 1. The molecule has 0 aromatic rings. The van der Waals surface area contributed by atoms with E-state index in [1.165, 1.54) is 0 Å². The van der Waals surface area contributed by atoms with E-state index in [1.807, 2.05) is 24.3 Å². The number of carbonyl (C=O) groups is 1. The van der Waals surface area contributed by atoms with Gasteiger partial charge in [0.05, 0.1) is 0 Å². The summed E-state index contributed by atoms with van der Waals surface area (Å²) in [6.45, 7) is 0. The van der Waals surface area contributed by atoms with Crippen molar-refractivity contribution in [1.82, 2.24) is 0 Å². The van der Waals surface area contributed by atoms with Crippen molar-refractivity contribution in [3.63, 3.8) is 0 Å². The normalized spacial score (nSPS) is 29.0. The van der Waals surface area contributed by atoms with Crippen LogP contribution < -0.4 is 0 Å². The molecule has 0 aliphatic heterocycles. The highest BCUT2D eigenvalue weighted by Crippen LogP contribution is 2.02. The van der Waals surface area contributed by atoms with Gasteiger partial charge in [-0.25, -0.2) is 0 Å². The molecule has 0 saturated carbocycles. The van der Waals surface area contributed by atoms with Crippen molar-refractivity contribution in [1.29, 1.82) is 0 Å². The smallest absolute Gasteiger partial charge is 0.150 e. The lowest BCUT2D eigenvalue weighted by Gasteiger charge is -1.92. The Morgan fingerprint density at radius 2 is 2.10 bits per heavy atom. The van der Waals surface area contributed by atoms with Crippen LogP contribution in [0.1, 0.15) is 12.8 Å². The molecule has 1 nitrogen and oxygen atoms in total. The molecule has 0 aromatic carbocycles. The summed E-state index contributed by atoms with van der Waals surface area (Å²) in [5.74, 6) is 0. The molecule has 1 aliphatic carbocycles. The van der Waals surface area contributed by atoms with Crippen molar-refractivity contribution in [2.75, 3.05) is 0 Å². The first-order valence-corrected chi connectivity index (χ1v) is 3.42. The molecule has 0 aromatic heterocycles. The maximum atomic E-state index is 10.3. The van der Waals surface area contributed by atoms with Gasteiger partial charge in [0.25, 0.3) is 0 Å². The van der Waals surface area contributed by atoms with Crippen LogP contribution >= 0.6 is 0 Å². The summed E-state index contributed by atoms with van der Waals surface area (Å²) in [7, 11) is 0. The van der Waals surface area contributed by atoms with E-state index in [2.05, 4.69) is 6.08 Å². The highest BCUT2D eigenvalue weighted by atomic mass is 16.1. The summed E-state index contributed by atoms with van der Waals surface area (Å²) in [5.41, 5.74) is 0.746. The van der Waals surface area contributed by atoms with Crippen LogP contribution in [0.25, 0.3) is 0 Å². The zero-order valence-electron chi connectivity index (χ0n) is 5.79. The summed E-state index contributed by atoms with van der Waals surface area (Å²) in [6.07, 6.45) is 12.6. The first-order chi connectivity index (χ1) is 4.93. The summed E-state index contributed by atoms with van der Waals surface area (Å²) >= 11 is 0. The molecule has 1 rings (SSSR count). The minimum Gasteiger partial charge on any atom is -0.298 e. The Morgan fingerprint density at radius 3 is 2.90 bits per heavy atom. The van der Waals surface area contributed by atoms with Crippen LogP contribution in [0.5, 0.6) is 0 Å². The molecule has 0 saturated heterocycles. The number of aldehydes is 1. The van der Waals surface area contributed by atoms with Crippen LogP contribution in [0.2, 0.25) is 0 Å². The van der Waals surface area contributed by atoms with Gasteiger partial charge in [-0.05, 0) is 12.8 Å². The lowest BCUT2D eigenvalue weighted by atomic mass is 10.1. The van der Waals surface area contributed by atoms with E-state index in [0.29, 0.717) is 0 Å². The monoisotopic (exact) mass is 134 g/mol. The molecule has 0 unspecified atom stereocenters. The van der Waals surface area contributed by atoms with Gasteiger partial charge in [0.2, 0.25) is 0 Å². The van der Waals surface area contributed by atoms with E-state index in [4.69, 9.17) is 0 Å². The van der Waals surface area contributed by atoms with E-state index in [-0.39, 0.29) is 0 Å². The van der Waals surface area contributed by atoms with Gasteiger partial charge in [0.1, 0.15) is 6.29 Å². The van der Waals surface area contributed by atoms with Crippen LogP contribution in [-0.2, 0) is 4.79 Å². The Morgan fingerprint density at radius 1 is 1.30 bits per heavy atom. The maximum Gasteiger partial charge on any atom is 0.150 e. The number of allylic oxidation sites excluding steroid dienone is 6. The quantitative estimate of drug-likeness (QED) is 0.501. The average molecular weight is 134 g/mol. The molecule has 0 heterocycles. The van der Waals surface area contributed by atoms with E-state index in [0.717, 1.165) is 24.7 Å². The SMILES string of the molecule is O=CC1=C/C=C\CC/C=C\1. The third-order valence-electron chi connectivity index (χ3n) is 1.37. The largest absolute Gasteiger partial charge is 0.298 e. The van der Waals surface area contributed by atoms with Crippen LogP contribution in [-0.4, -0.2) is 6.29 Å². The van der Waals surface area contributed by atoms with Crippen molar-refractivity contribution in [3.05, 3.63) is 36.0 Å². The molecule has 0 N–H and O–H groups in total. The zero-order chi connectivity index (χ0) is 7.23. The predicted octanol–water partition coefficient (Wildman–Crippen LogP) is 2.02. The molecular weight excluding hydrogens is 124 g/mol. The Balaban J connectivity index is 2.74. The predicted molar refractivity (Wildman–Crippen MR) is 41.7 cm³/mol. The number of hydrogen-bond donors (Lipinski definition) is 0.